The molecule has 74 heavy (non-hydrogen) atoms. The van der Waals surface area contributed by atoms with Crippen LogP contribution in [0.5, 0.6) is 0 Å². The van der Waals surface area contributed by atoms with Crippen LogP contribution in [0.3, 0.4) is 0 Å². The van der Waals surface area contributed by atoms with E-state index >= 15 is 0 Å². The van der Waals surface area contributed by atoms with E-state index in [1.54, 1.807) is 26.8 Å². The first-order valence-corrected chi connectivity index (χ1v) is 26.1. The van der Waals surface area contributed by atoms with Crippen molar-refractivity contribution in [3.8, 4) is 0 Å². The normalized spacial score (nSPS) is 47.2. The van der Waals surface area contributed by atoms with E-state index in [1.807, 2.05) is 40.7 Å². The van der Waals surface area contributed by atoms with Crippen molar-refractivity contribution in [2.45, 2.75) is 207 Å². The molecule has 0 aromatic rings. The Morgan fingerprint density at radius 2 is 1.47 bits per heavy atom. The van der Waals surface area contributed by atoms with Gasteiger partial charge in [-0.2, -0.15) is 0 Å². The number of hydrogen-bond donors (Lipinski definition) is 9. The van der Waals surface area contributed by atoms with Crippen molar-refractivity contribution >= 4 is 29.8 Å². The largest absolute Gasteiger partial charge is 0.481 e. The van der Waals surface area contributed by atoms with Crippen molar-refractivity contribution in [3.05, 3.63) is 23.3 Å². The van der Waals surface area contributed by atoms with Crippen molar-refractivity contribution in [3.63, 3.8) is 0 Å². The van der Waals surface area contributed by atoms with Crippen LogP contribution in [0, 0.1) is 56.2 Å². The summed E-state index contributed by atoms with van der Waals surface area (Å²) in [7, 11) is 0. The second-order valence-electron chi connectivity index (χ2n) is 24.0. The number of carboxylic acids is 2. The van der Waals surface area contributed by atoms with Crippen LogP contribution in [0.2, 0.25) is 0 Å². The van der Waals surface area contributed by atoms with E-state index in [-0.39, 0.29) is 25.2 Å². The zero-order valence-electron chi connectivity index (χ0n) is 44.3. The fraction of sp³-hybridized carbons (Fsp3) is 0.830. The lowest BCUT2D eigenvalue weighted by Gasteiger charge is -2.73. The first kappa shape index (κ1) is 58.1. The molecule has 7 rings (SSSR count). The van der Waals surface area contributed by atoms with Gasteiger partial charge in [0.1, 0.15) is 54.9 Å². The topological polar surface area (TPSA) is 332 Å². The molecule has 23 atom stereocenters. The van der Waals surface area contributed by atoms with Crippen molar-refractivity contribution in [2.75, 3.05) is 13.2 Å². The van der Waals surface area contributed by atoms with Gasteiger partial charge >= 0.3 is 29.8 Å². The molecular weight excluding hydrogens is 973 g/mol. The molecule has 418 valence electrons. The highest BCUT2D eigenvalue weighted by Crippen LogP contribution is 2.76. The van der Waals surface area contributed by atoms with E-state index in [2.05, 4.69) is 6.92 Å². The molecule has 6 fully saturated rings. The maximum absolute atomic E-state index is 14.0. The average Bonchev–Trinajstić information content (AvgIpc) is 3.33. The molecule has 2 saturated heterocycles. The maximum atomic E-state index is 14.0. The molecule has 7 aliphatic rings. The number of allylic oxidation sites excluding steroid dienone is 2. The summed E-state index contributed by atoms with van der Waals surface area (Å²) in [5, 5.41) is 100. The Balaban J connectivity index is 1.27. The lowest BCUT2D eigenvalue weighted by molar-refractivity contribution is -0.357. The predicted molar refractivity (Wildman–Crippen MR) is 256 cm³/mol. The zero-order valence-corrected chi connectivity index (χ0v) is 44.3. The van der Waals surface area contributed by atoms with Gasteiger partial charge in [0.05, 0.1) is 36.1 Å². The molecule has 5 aliphatic carbocycles. The van der Waals surface area contributed by atoms with Crippen LogP contribution in [0.25, 0.3) is 0 Å². The molecule has 2 heterocycles. The van der Waals surface area contributed by atoms with Crippen LogP contribution in [-0.2, 0) is 57.1 Å². The number of rotatable bonds is 13. The summed E-state index contributed by atoms with van der Waals surface area (Å²) in [5.74, 6) is -7.35. The summed E-state index contributed by atoms with van der Waals surface area (Å²) in [4.78, 5) is 67.5. The Bertz CT molecular complexity index is 2230. The van der Waals surface area contributed by atoms with Crippen LogP contribution in [0.4, 0.5) is 0 Å². The van der Waals surface area contributed by atoms with E-state index in [0.29, 0.717) is 31.3 Å². The second-order valence-corrected chi connectivity index (χ2v) is 24.0. The van der Waals surface area contributed by atoms with Gasteiger partial charge in [-0.1, -0.05) is 66.2 Å². The molecular formula is C53H80O21. The minimum Gasteiger partial charge on any atom is -0.481 e. The first-order valence-electron chi connectivity index (χ1n) is 26.1. The van der Waals surface area contributed by atoms with Crippen LogP contribution < -0.4 is 0 Å². The smallest absolute Gasteiger partial charge is 0.335 e. The van der Waals surface area contributed by atoms with Crippen molar-refractivity contribution in [1.29, 1.82) is 0 Å². The molecule has 9 N–H and O–H groups in total. The van der Waals surface area contributed by atoms with Gasteiger partial charge in [0.15, 0.2) is 24.8 Å². The Labute approximate surface area is 431 Å². The van der Waals surface area contributed by atoms with E-state index < -0.39 is 179 Å². The van der Waals surface area contributed by atoms with Crippen molar-refractivity contribution in [2.24, 2.45) is 56.2 Å². The number of aliphatic hydroxyl groups excluding tert-OH is 7. The molecule has 21 heteroatoms. The maximum Gasteiger partial charge on any atom is 0.335 e. The standard InChI is InChI=1S/C53H80O21/c1-12-23(3)43(64)73-40-41(74-44(65)24(4)13-2)53(22-54)27(20-48(40,6)7)26-14-15-29-49(8)18-17-31(51(10,47(66)67)30(49)16-19-50(29,9)52(26,11)38(61)39(53)69-25(5)55)70-46-35(60)36(34(59)37(72-46)42(62)63)71-45-33(58)32(57)28(56)21-68-45/h12,14,24,27-41,45-46,54,56-61H,13,15-22H2,1-11H3,(H,62,63)(H,66,67)/b23-12-/t24-,27+,28+,29-,30-,31+,32+,33-,34+,35-,36+,37+,38+,39-,40+,41+,45+,46-,49-,50-,51+,52+,53+/m1/s1. The highest BCUT2D eigenvalue weighted by Gasteiger charge is 2.78. The summed E-state index contributed by atoms with van der Waals surface area (Å²) in [5.41, 5.74) is -6.31. The summed E-state index contributed by atoms with van der Waals surface area (Å²) >= 11 is 0. The molecule has 0 unspecified atom stereocenters. The molecule has 21 nitrogen and oxygen atoms in total. The van der Waals surface area contributed by atoms with Gasteiger partial charge in [0, 0.05) is 23.3 Å². The summed E-state index contributed by atoms with van der Waals surface area (Å²) < 4.78 is 42.0. The van der Waals surface area contributed by atoms with E-state index in [1.165, 1.54) is 13.8 Å². The molecule has 0 bridgehead atoms. The molecule has 0 spiro atoms. The monoisotopic (exact) mass is 1050 g/mol. The van der Waals surface area contributed by atoms with Gasteiger partial charge in [-0.05, 0) is 94.3 Å². The number of carboxylic acid groups (broad SMARTS) is 2. The van der Waals surface area contributed by atoms with E-state index in [4.69, 9.17) is 33.2 Å². The van der Waals surface area contributed by atoms with Crippen LogP contribution in [0.1, 0.15) is 121 Å². The van der Waals surface area contributed by atoms with E-state index in [9.17, 15) is 69.9 Å². The van der Waals surface area contributed by atoms with Gasteiger partial charge in [-0.3, -0.25) is 14.4 Å². The Kier molecular flexibility index (Phi) is 16.2. The summed E-state index contributed by atoms with van der Waals surface area (Å²) in [6.45, 7) is 18.0. The van der Waals surface area contributed by atoms with Crippen molar-refractivity contribution < 1.29 is 103 Å². The third kappa shape index (κ3) is 8.84. The van der Waals surface area contributed by atoms with Gasteiger partial charge in [-0.15, -0.1) is 0 Å². The Hall–Kier alpha value is -3.61. The molecule has 0 amide bonds. The van der Waals surface area contributed by atoms with E-state index in [0.717, 1.165) is 5.57 Å². The van der Waals surface area contributed by atoms with Gasteiger partial charge < -0.3 is 79.1 Å². The highest BCUT2D eigenvalue weighted by atomic mass is 16.7. The number of carbonyl (C=O) groups excluding carboxylic acids is 3. The van der Waals surface area contributed by atoms with Gasteiger partial charge in [0.2, 0.25) is 0 Å². The lowest BCUT2D eigenvalue weighted by atomic mass is 9.32. The number of carbonyl (C=O) groups is 5. The SMILES string of the molecule is C/C=C(/C)C(=O)O[C@H]1[C@H](OC(=O)[C@H](C)CC)[C@]2(CO)[C@H](OC(C)=O)[C@H](O)[C@]3(C)C(=CC[C@@H]4[C@@]5(C)CC[C@H](O[C@@H]6O[C@H](C(=O)O)[C@@H](O)[C@H](O[C@@H]7OC[C@H](O)[C@H](O)[C@H]7O)[C@H]6O)[C@@](C)(C(=O)O)[C@@H]5CC[C@]43C)[C@@H]2CC1(C)C. The molecule has 2 aliphatic heterocycles. The molecule has 4 saturated carbocycles. The minimum atomic E-state index is -2.07. The zero-order chi connectivity index (χ0) is 55.2. The predicted octanol–water partition coefficient (Wildman–Crippen LogP) is 2.15. The third-order valence-electron chi connectivity index (χ3n) is 19.9. The van der Waals surface area contributed by atoms with Crippen LogP contribution in [0.15, 0.2) is 23.3 Å². The summed E-state index contributed by atoms with van der Waals surface area (Å²) in [6.07, 6.45) is -18.1. The number of fused-ring (bicyclic) bond motifs is 7. The third-order valence-corrected chi connectivity index (χ3v) is 19.9. The fourth-order valence-corrected chi connectivity index (χ4v) is 15.0. The number of ether oxygens (including phenoxy) is 7. The van der Waals surface area contributed by atoms with Crippen molar-refractivity contribution in [1.82, 2.24) is 0 Å². The fourth-order valence-electron chi connectivity index (χ4n) is 15.0. The van der Waals surface area contributed by atoms with Gasteiger partial charge in [0.25, 0.3) is 0 Å². The van der Waals surface area contributed by atoms with Gasteiger partial charge in [-0.25, -0.2) is 9.59 Å². The molecule has 0 aromatic carbocycles. The second kappa shape index (κ2) is 20.6. The molecule has 0 radical (unpaired) electrons. The first-order chi connectivity index (χ1) is 34.4. The average molecular weight is 1050 g/mol. The Morgan fingerprint density at radius 3 is 2.05 bits per heavy atom. The number of aliphatic carboxylic acids is 2. The quantitative estimate of drug-likeness (QED) is 0.0419. The molecule has 0 aromatic heterocycles. The van der Waals surface area contributed by atoms with Crippen LogP contribution >= 0.6 is 0 Å². The number of esters is 3. The Morgan fingerprint density at radius 1 is 0.811 bits per heavy atom. The highest BCUT2D eigenvalue weighted by molar-refractivity contribution is 5.88. The number of aliphatic hydroxyl groups is 7. The minimum absolute atomic E-state index is 0.0433. The summed E-state index contributed by atoms with van der Waals surface area (Å²) in [6, 6.07) is 0. The lowest BCUT2D eigenvalue weighted by Crippen LogP contribution is -2.77. The van der Waals surface area contributed by atoms with Crippen LogP contribution in [-0.4, -0.2) is 175 Å². The number of hydrogen-bond acceptors (Lipinski definition) is 19.